The maximum Gasteiger partial charge on any atom is 0.328 e. The van der Waals surface area contributed by atoms with Crippen molar-refractivity contribution in [3.63, 3.8) is 0 Å². The first kappa shape index (κ1) is 15.6. The van der Waals surface area contributed by atoms with E-state index in [4.69, 9.17) is 23.2 Å². The minimum Gasteiger partial charge on any atom is -0.480 e. The number of likely N-dealkylation sites (N-methyl/N-ethyl adjacent to an activating group) is 1. The fourth-order valence-electron chi connectivity index (χ4n) is 2.56. The Bertz CT molecular complexity index is 516. The molecule has 20 heavy (non-hydrogen) atoms. The van der Waals surface area contributed by atoms with Crippen LogP contribution in [0.15, 0.2) is 18.2 Å². The lowest BCUT2D eigenvalue weighted by Crippen LogP contribution is -2.57. The molecule has 0 radical (unpaired) electrons. The van der Waals surface area contributed by atoms with E-state index in [-0.39, 0.29) is 0 Å². The van der Waals surface area contributed by atoms with E-state index >= 15 is 0 Å². The summed E-state index contributed by atoms with van der Waals surface area (Å²) in [5.41, 5.74) is -0.552. The van der Waals surface area contributed by atoms with E-state index in [1.807, 2.05) is 11.9 Å². The zero-order valence-corrected chi connectivity index (χ0v) is 13.1. The minimum absolute atomic E-state index is 0.390. The predicted octanol–water partition coefficient (Wildman–Crippen LogP) is 2.54. The van der Waals surface area contributed by atoms with Crippen molar-refractivity contribution in [2.75, 3.05) is 33.2 Å². The molecular formula is C14H18Cl2N2O2. The number of rotatable bonds is 3. The third-order valence-corrected chi connectivity index (χ3v) is 4.56. The largest absolute Gasteiger partial charge is 0.480 e. The lowest BCUT2D eigenvalue weighted by molar-refractivity contribution is -0.152. The summed E-state index contributed by atoms with van der Waals surface area (Å²) in [6.07, 6.45) is 0. The molecule has 1 saturated heterocycles. The van der Waals surface area contributed by atoms with E-state index in [1.165, 1.54) is 0 Å². The van der Waals surface area contributed by atoms with Gasteiger partial charge in [0.15, 0.2) is 0 Å². The molecule has 2 rings (SSSR count). The number of carboxylic acid groups (broad SMARTS) is 1. The van der Waals surface area contributed by atoms with Gasteiger partial charge in [-0.1, -0.05) is 29.3 Å². The Balaban J connectivity index is 2.41. The normalized spacial score (nSPS) is 20.6. The summed E-state index contributed by atoms with van der Waals surface area (Å²) < 4.78 is 0. The summed E-state index contributed by atoms with van der Waals surface area (Å²) in [5, 5.41) is 10.6. The molecule has 1 aromatic carbocycles. The monoisotopic (exact) mass is 316 g/mol. The smallest absolute Gasteiger partial charge is 0.328 e. The molecule has 6 heteroatoms. The summed E-state index contributed by atoms with van der Waals surface area (Å²) in [5.74, 6) is -0.897. The van der Waals surface area contributed by atoms with Crippen LogP contribution in [0.3, 0.4) is 0 Å². The van der Waals surface area contributed by atoms with Crippen LogP contribution >= 0.6 is 23.2 Å². The van der Waals surface area contributed by atoms with Crippen molar-refractivity contribution < 1.29 is 9.90 Å². The van der Waals surface area contributed by atoms with Crippen LogP contribution in [-0.4, -0.2) is 54.1 Å². The van der Waals surface area contributed by atoms with E-state index in [2.05, 4.69) is 4.90 Å². The predicted molar refractivity (Wildman–Crippen MR) is 80.5 cm³/mol. The van der Waals surface area contributed by atoms with E-state index in [9.17, 15) is 9.90 Å². The zero-order valence-electron chi connectivity index (χ0n) is 11.6. The van der Waals surface area contributed by atoms with Crippen LogP contribution in [0.4, 0.5) is 0 Å². The third kappa shape index (κ3) is 2.79. The molecule has 1 aromatic rings. The quantitative estimate of drug-likeness (QED) is 0.930. The Morgan fingerprint density at radius 2 is 1.85 bits per heavy atom. The number of aliphatic carboxylic acids is 1. The summed E-state index contributed by atoms with van der Waals surface area (Å²) in [7, 11) is 2.03. The molecule has 0 aromatic heterocycles. The fraction of sp³-hybridized carbons (Fsp3) is 0.500. The lowest BCUT2D eigenvalue weighted by atomic mass is 9.89. The molecule has 1 fully saturated rings. The summed E-state index contributed by atoms with van der Waals surface area (Å²) in [6, 6.07) is 4.98. The molecule has 0 saturated carbocycles. The second-order valence-corrected chi connectivity index (χ2v) is 6.14. The molecule has 1 unspecified atom stereocenters. The van der Waals surface area contributed by atoms with Crippen LogP contribution in [0.2, 0.25) is 10.0 Å². The first-order valence-corrected chi connectivity index (χ1v) is 7.24. The Kier molecular flexibility index (Phi) is 4.59. The van der Waals surface area contributed by atoms with Gasteiger partial charge in [-0.3, -0.25) is 4.90 Å². The summed E-state index contributed by atoms with van der Waals surface area (Å²) in [6.45, 7) is 4.77. The lowest BCUT2D eigenvalue weighted by Gasteiger charge is -2.43. The van der Waals surface area contributed by atoms with Crippen LogP contribution in [0.5, 0.6) is 0 Å². The number of benzene rings is 1. The SMILES string of the molecule is CN1CCN(C(C)(C(=O)O)c2ccc(Cl)cc2Cl)CC1. The van der Waals surface area contributed by atoms with Gasteiger partial charge in [-0.15, -0.1) is 0 Å². The number of hydrogen-bond acceptors (Lipinski definition) is 3. The van der Waals surface area contributed by atoms with E-state index in [0.717, 1.165) is 13.1 Å². The van der Waals surface area contributed by atoms with Gasteiger partial charge in [0.2, 0.25) is 0 Å². The zero-order chi connectivity index (χ0) is 14.9. The topological polar surface area (TPSA) is 43.8 Å². The highest BCUT2D eigenvalue weighted by atomic mass is 35.5. The Hall–Kier alpha value is -0.810. The second-order valence-electron chi connectivity index (χ2n) is 5.29. The van der Waals surface area contributed by atoms with Crippen molar-refractivity contribution in [3.8, 4) is 0 Å². The average Bonchev–Trinajstić information content (AvgIpc) is 2.38. The van der Waals surface area contributed by atoms with Crippen LogP contribution in [0, 0.1) is 0 Å². The van der Waals surface area contributed by atoms with Crippen LogP contribution < -0.4 is 0 Å². The van der Waals surface area contributed by atoms with Gasteiger partial charge in [-0.25, -0.2) is 4.79 Å². The van der Waals surface area contributed by atoms with E-state index in [0.29, 0.717) is 28.7 Å². The molecule has 4 nitrogen and oxygen atoms in total. The number of carbonyl (C=O) groups is 1. The van der Waals surface area contributed by atoms with Crippen molar-refractivity contribution in [1.29, 1.82) is 0 Å². The van der Waals surface area contributed by atoms with Gasteiger partial charge < -0.3 is 10.0 Å². The van der Waals surface area contributed by atoms with Gasteiger partial charge in [-0.2, -0.15) is 0 Å². The summed E-state index contributed by atoms with van der Waals surface area (Å²) in [4.78, 5) is 16.0. The molecule has 0 aliphatic carbocycles. The molecule has 1 aliphatic rings. The molecule has 0 amide bonds. The number of halogens is 2. The molecule has 0 spiro atoms. The summed E-state index contributed by atoms with van der Waals surface area (Å²) >= 11 is 12.1. The number of carboxylic acids is 1. The first-order chi connectivity index (χ1) is 9.35. The van der Waals surface area contributed by atoms with Crippen LogP contribution in [-0.2, 0) is 10.3 Å². The first-order valence-electron chi connectivity index (χ1n) is 6.48. The van der Waals surface area contributed by atoms with Gasteiger partial charge in [0.05, 0.1) is 0 Å². The van der Waals surface area contributed by atoms with Gasteiger partial charge in [-0.05, 0) is 26.1 Å². The van der Waals surface area contributed by atoms with Crippen LogP contribution in [0.1, 0.15) is 12.5 Å². The Labute approximate surface area is 128 Å². The van der Waals surface area contributed by atoms with Gasteiger partial charge in [0.25, 0.3) is 0 Å². The van der Waals surface area contributed by atoms with Gasteiger partial charge in [0, 0.05) is 41.8 Å². The number of piperazine rings is 1. The van der Waals surface area contributed by atoms with E-state index in [1.54, 1.807) is 25.1 Å². The van der Waals surface area contributed by atoms with Crippen molar-refractivity contribution in [3.05, 3.63) is 33.8 Å². The number of hydrogen-bond donors (Lipinski definition) is 1. The number of nitrogens with zero attached hydrogens (tertiary/aromatic N) is 2. The second kappa shape index (κ2) is 5.90. The highest BCUT2D eigenvalue weighted by Gasteiger charge is 2.43. The Morgan fingerprint density at radius 3 is 2.35 bits per heavy atom. The maximum absolute atomic E-state index is 11.9. The maximum atomic E-state index is 11.9. The van der Waals surface area contributed by atoms with Crippen molar-refractivity contribution in [2.45, 2.75) is 12.5 Å². The van der Waals surface area contributed by atoms with Gasteiger partial charge in [0.1, 0.15) is 5.54 Å². The average molecular weight is 317 g/mol. The molecule has 110 valence electrons. The molecule has 1 N–H and O–H groups in total. The highest BCUT2D eigenvalue weighted by molar-refractivity contribution is 6.35. The molecule has 0 bridgehead atoms. The van der Waals surface area contributed by atoms with Crippen molar-refractivity contribution in [2.24, 2.45) is 0 Å². The third-order valence-electron chi connectivity index (χ3n) is 4.01. The standard InChI is InChI=1S/C14H18Cl2N2O2/c1-14(13(19)20,18-7-5-17(2)6-8-18)11-4-3-10(15)9-12(11)16/h3-4,9H,5-8H2,1-2H3,(H,19,20). The van der Waals surface area contributed by atoms with E-state index < -0.39 is 11.5 Å². The van der Waals surface area contributed by atoms with Gasteiger partial charge >= 0.3 is 5.97 Å². The molecular weight excluding hydrogens is 299 g/mol. The fourth-order valence-corrected chi connectivity index (χ4v) is 3.15. The highest BCUT2D eigenvalue weighted by Crippen LogP contribution is 2.35. The molecule has 1 atom stereocenters. The molecule has 1 aliphatic heterocycles. The molecule has 1 heterocycles. The van der Waals surface area contributed by atoms with Crippen molar-refractivity contribution >= 4 is 29.2 Å². The Morgan fingerprint density at radius 1 is 1.25 bits per heavy atom. The minimum atomic E-state index is -1.14. The van der Waals surface area contributed by atoms with Crippen molar-refractivity contribution in [1.82, 2.24) is 9.80 Å². The van der Waals surface area contributed by atoms with Crippen LogP contribution in [0.25, 0.3) is 0 Å².